The van der Waals surface area contributed by atoms with E-state index >= 15 is 0 Å². The second-order valence-electron chi connectivity index (χ2n) is 2.03. The Morgan fingerprint density at radius 1 is 1.73 bits per heavy atom. The van der Waals surface area contributed by atoms with E-state index in [4.69, 9.17) is 5.53 Å². The first-order chi connectivity index (χ1) is 5.31. The number of Topliss-reactive ketones (excluding diaryl/α,β-unsaturated/α-hetero) is 1. The van der Waals surface area contributed by atoms with E-state index in [1.54, 1.807) is 0 Å². The first kappa shape index (κ1) is 10.3. The van der Waals surface area contributed by atoms with E-state index in [1.165, 1.54) is 11.8 Å². The highest BCUT2D eigenvalue weighted by atomic mass is 32.2. The van der Waals surface area contributed by atoms with Gasteiger partial charge in [-0.2, -0.15) is 11.8 Å². The SMILES string of the molecule is CSCC(=O)CCCN=[N+]=[N-]. The Bertz CT molecular complexity index is 165. The summed E-state index contributed by atoms with van der Waals surface area (Å²) in [5, 5.41) is 3.33. The fourth-order valence-corrected chi connectivity index (χ4v) is 1.09. The number of ketones is 1. The van der Waals surface area contributed by atoms with Gasteiger partial charge in [0.1, 0.15) is 5.78 Å². The highest BCUT2D eigenvalue weighted by Gasteiger charge is 1.98. The van der Waals surface area contributed by atoms with Crippen LogP contribution in [0.15, 0.2) is 5.11 Å². The summed E-state index contributed by atoms with van der Waals surface area (Å²) in [6.07, 6.45) is 3.09. The third-order valence-corrected chi connectivity index (χ3v) is 1.69. The molecule has 5 heteroatoms. The fourth-order valence-electron chi connectivity index (χ4n) is 0.625. The molecule has 0 fully saturated rings. The van der Waals surface area contributed by atoms with Crippen molar-refractivity contribution in [3.8, 4) is 0 Å². The zero-order chi connectivity index (χ0) is 8.53. The Balaban J connectivity index is 3.23. The topological polar surface area (TPSA) is 65.8 Å². The summed E-state index contributed by atoms with van der Waals surface area (Å²) >= 11 is 1.52. The Morgan fingerprint density at radius 2 is 2.45 bits per heavy atom. The normalized spacial score (nSPS) is 8.82. The number of nitrogens with zero attached hydrogens (tertiary/aromatic N) is 3. The van der Waals surface area contributed by atoms with Gasteiger partial charge in [-0.05, 0) is 18.2 Å². The standard InChI is InChI=1S/C6H11N3OS/c1-11-5-6(10)3-2-4-8-9-7/h2-5H2,1H3. The number of hydrogen-bond acceptors (Lipinski definition) is 3. The molecule has 0 aliphatic rings. The molecule has 0 aromatic heterocycles. The van der Waals surface area contributed by atoms with Crippen LogP contribution < -0.4 is 0 Å². The second kappa shape index (κ2) is 7.44. The van der Waals surface area contributed by atoms with Gasteiger partial charge in [-0.15, -0.1) is 0 Å². The van der Waals surface area contributed by atoms with Crippen molar-refractivity contribution in [2.45, 2.75) is 12.8 Å². The third kappa shape index (κ3) is 7.22. The van der Waals surface area contributed by atoms with Crippen LogP contribution in [0.2, 0.25) is 0 Å². The monoisotopic (exact) mass is 173 g/mol. The van der Waals surface area contributed by atoms with E-state index in [-0.39, 0.29) is 5.78 Å². The average Bonchev–Trinajstić information content (AvgIpc) is 1.99. The molecule has 0 unspecified atom stereocenters. The van der Waals surface area contributed by atoms with E-state index < -0.39 is 0 Å². The van der Waals surface area contributed by atoms with Crippen molar-refractivity contribution in [1.29, 1.82) is 0 Å². The molecule has 0 atom stereocenters. The van der Waals surface area contributed by atoms with Crippen LogP contribution in [0.5, 0.6) is 0 Å². The van der Waals surface area contributed by atoms with Crippen LogP contribution in [-0.2, 0) is 4.79 Å². The maximum absolute atomic E-state index is 10.9. The summed E-state index contributed by atoms with van der Waals surface area (Å²) in [5.74, 6) is 0.793. The molecule has 0 aromatic carbocycles. The molecule has 0 heterocycles. The minimum absolute atomic E-state index is 0.227. The lowest BCUT2D eigenvalue weighted by molar-refractivity contribution is -0.116. The summed E-state index contributed by atoms with van der Waals surface area (Å²) in [6.45, 7) is 0.427. The molecule has 11 heavy (non-hydrogen) atoms. The maximum atomic E-state index is 10.9. The van der Waals surface area contributed by atoms with E-state index in [0.29, 0.717) is 25.1 Å². The van der Waals surface area contributed by atoms with Gasteiger partial charge in [0.2, 0.25) is 0 Å². The van der Waals surface area contributed by atoms with Crippen LogP contribution >= 0.6 is 11.8 Å². The number of thioether (sulfide) groups is 1. The first-order valence-electron chi connectivity index (χ1n) is 3.32. The van der Waals surface area contributed by atoms with Gasteiger partial charge in [0.15, 0.2) is 0 Å². The Kier molecular flexibility index (Phi) is 6.98. The first-order valence-corrected chi connectivity index (χ1v) is 4.72. The molecule has 62 valence electrons. The minimum Gasteiger partial charge on any atom is -0.299 e. The molecule has 0 saturated carbocycles. The maximum Gasteiger partial charge on any atom is 0.142 e. The molecule has 0 rings (SSSR count). The van der Waals surface area contributed by atoms with Crippen LogP contribution in [-0.4, -0.2) is 24.3 Å². The average molecular weight is 173 g/mol. The summed E-state index contributed by atoms with van der Waals surface area (Å²) < 4.78 is 0. The molecule has 0 amide bonds. The Labute approximate surface area is 70.0 Å². The predicted molar refractivity (Wildman–Crippen MR) is 46.6 cm³/mol. The van der Waals surface area contributed by atoms with Gasteiger partial charge in [0.05, 0.1) is 5.75 Å². The van der Waals surface area contributed by atoms with Gasteiger partial charge in [-0.1, -0.05) is 5.11 Å². The largest absolute Gasteiger partial charge is 0.299 e. The zero-order valence-electron chi connectivity index (χ0n) is 6.49. The van der Waals surface area contributed by atoms with Crippen molar-refractivity contribution in [3.63, 3.8) is 0 Å². The number of azide groups is 1. The van der Waals surface area contributed by atoms with Gasteiger partial charge in [-0.3, -0.25) is 4.79 Å². The number of rotatable bonds is 6. The Morgan fingerprint density at radius 3 is 3.00 bits per heavy atom. The van der Waals surface area contributed by atoms with Crippen LogP contribution in [0.3, 0.4) is 0 Å². The van der Waals surface area contributed by atoms with E-state index in [9.17, 15) is 4.79 Å². The smallest absolute Gasteiger partial charge is 0.142 e. The zero-order valence-corrected chi connectivity index (χ0v) is 7.30. The van der Waals surface area contributed by atoms with E-state index in [1.807, 2.05) is 6.26 Å². The Hall–Kier alpha value is -0.670. The lowest BCUT2D eigenvalue weighted by atomic mass is 10.2. The van der Waals surface area contributed by atoms with Crippen LogP contribution in [0, 0.1) is 0 Å². The molecule has 0 bridgehead atoms. The van der Waals surface area contributed by atoms with Gasteiger partial charge in [0, 0.05) is 17.9 Å². The molecule has 0 N–H and O–H groups in total. The van der Waals surface area contributed by atoms with Gasteiger partial charge < -0.3 is 0 Å². The second-order valence-corrected chi connectivity index (χ2v) is 2.90. The van der Waals surface area contributed by atoms with Crippen molar-refractivity contribution >= 4 is 17.5 Å². The molecule has 4 nitrogen and oxygen atoms in total. The predicted octanol–water partition coefficient (Wildman–Crippen LogP) is 2.01. The van der Waals surface area contributed by atoms with E-state index in [0.717, 1.165) is 0 Å². The fraction of sp³-hybridized carbons (Fsp3) is 0.833. The van der Waals surface area contributed by atoms with Gasteiger partial charge in [-0.25, -0.2) is 0 Å². The van der Waals surface area contributed by atoms with Crippen LogP contribution in [0.1, 0.15) is 12.8 Å². The third-order valence-electron chi connectivity index (χ3n) is 1.08. The lowest BCUT2D eigenvalue weighted by Crippen LogP contribution is -2.00. The van der Waals surface area contributed by atoms with Crippen molar-refractivity contribution in [2.24, 2.45) is 5.11 Å². The molecular formula is C6H11N3OS. The highest BCUT2D eigenvalue weighted by molar-refractivity contribution is 7.99. The quantitative estimate of drug-likeness (QED) is 0.267. The van der Waals surface area contributed by atoms with Crippen molar-refractivity contribution in [2.75, 3.05) is 18.6 Å². The lowest BCUT2D eigenvalue weighted by Gasteiger charge is -1.94. The minimum atomic E-state index is 0.227. The van der Waals surface area contributed by atoms with Crippen molar-refractivity contribution < 1.29 is 4.79 Å². The molecule has 0 saturated heterocycles. The molecule has 0 radical (unpaired) electrons. The van der Waals surface area contributed by atoms with Crippen molar-refractivity contribution in [1.82, 2.24) is 0 Å². The molecular weight excluding hydrogens is 162 g/mol. The highest BCUT2D eigenvalue weighted by Crippen LogP contribution is 1.98. The number of carbonyl (C=O) groups is 1. The number of carbonyl (C=O) groups excluding carboxylic acids is 1. The van der Waals surface area contributed by atoms with Gasteiger partial charge >= 0.3 is 0 Å². The van der Waals surface area contributed by atoms with E-state index in [2.05, 4.69) is 10.0 Å². The van der Waals surface area contributed by atoms with Crippen LogP contribution in [0.25, 0.3) is 10.4 Å². The molecule has 0 spiro atoms. The summed E-state index contributed by atoms with van der Waals surface area (Å²) in [4.78, 5) is 13.4. The molecule has 0 aliphatic carbocycles. The summed E-state index contributed by atoms with van der Waals surface area (Å²) in [6, 6.07) is 0. The van der Waals surface area contributed by atoms with Crippen molar-refractivity contribution in [3.05, 3.63) is 10.4 Å². The summed E-state index contributed by atoms with van der Waals surface area (Å²) in [7, 11) is 0. The number of hydrogen-bond donors (Lipinski definition) is 0. The van der Waals surface area contributed by atoms with Crippen LogP contribution in [0.4, 0.5) is 0 Å². The molecule has 0 aromatic rings. The summed E-state index contributed by atoms with van der Waals surface area (Å²) in [5.41, 5.74) is 7.90. The van der Waals surface area contributed by atoms with Gasteiger partial charge in [0.25, 0.3) is 0 Å². The molecule has 0 aliphatic heterocycles.